The van der Waals surface area contributed by atoms with Crippen LogP contribution in [0.2, 0.25) is 0 Å². The van der Waals surface area contributed by atoms with Crippen LogP contribution in [0.1, 0.15) is 32.3 Å². The number of hydrogen-bond donors (Lipinski definition) is 0. The smallest absolute Gasteiger partial charge is 0.246 e. The van der Waals surface area contributed by atoms with Crippen LogP contribution >= 0.6 is 0 Å². The van der Waals surface area contributed by atoms with Gasteiger partial charge < -0.3 is 9.64 Å². The van der Waals surface area contributed by atoms with Gasteiger partial charge in [-0.3, -0.25) is 4.98 Å². The van der Waals surface area contributed by atoms with Gasteiger partial charge in [0.05, 0.1) is 12.3 Å². The molecule has 2 aromatic heterocycles. The SMILES string of the molecule is CCOc1ccc(C(C)C)cc1S(=O)(=O)N1CCN(c2ccc(-c3ccncc3)nn2)CC1. The molecule has 0 radical (unpaired) electrons. The largest absolute Gasteiger partial charge is 0.492 e. The van der Waals surface area contributed by atoms with E-state index in [0.717, 1.165) is 22.6 Å². The lowest BCUT2D eigenvalue weighted by Crippen LogP contribution is -2.49. The zero-order valence-corrected chi connectivity index (χ0v) is 20.0. The number of ether oxygens (including phenoxy) is 1. The van der Waals surface area contributed by atoms with Crippen molar-refractivity contribution in [2.45, 2.75) is 31.6 Å². The molecule has 1 aliphatic rings. The lowest BCUT2D eigenvalue weighted by Gasteiger charge is -2.34. The van der Waals surface area contributed by atoms with Crippen LogP contribution in [-0.4, -0.2) is 60.7 Å². The van der Waals surface area contributed by atoms with Crippen LogP contribution < -0.4 is 9.64 Å². The summed E-state index contributed by atoms with van der Waals surface area (Å²) in [6, 6.07) is 13.1. The second-order valence-electron chi connectivity index (χ2n) is 8.20. The van der Waals surface area contributed by atoms with Gasteiger partial charge in [0.15, 0.2) is 5.82 Å². The average Bonchev–Trinajstić information content (AvgIpc) is 2.85. The van der Waals surface area contributed by atoms with Gasteiger partial charge in [-0.2, -0.15) is 4.31 Å². The molecule has 4 rings (SSSR count). The fourth-order valence-corrected chi connectivity index (χ4v) is 5.42. The number of piperazine rings is 1. The van der Waals surface area contributed by atoms with E-state index in [2.05, 4.69) is 20.1 Å². The molecule has 3 aromatic rings. The Morgan fingerprint density at radius 2 is 1.70 bits per heavy atom. The second-order valence-corrected chi connectivity index (χ2v) is 10.1. The minimum atomic E-state index is -3.68. The molecule has 1 aromatic carbocycles. The quantitative estimate of drug-likeness (QED) is 0.525. The molecule has 0 saturated carbocycles. The zero-order valence-electron chi connectivity index (χ0n) is 19.2. The van der Waals surface area contributed by atoms with Crippen LogP contribution in [0.15, 0.2) is 59.8 Å². The fraction of sp³-hybridized carbons (Fsp3) is 0.375. The van der Waals surface area contributed by atoms with E-state index in [1.165, 1.54) is 4.31 Å². The Morgan fingerprint density at radius 1 is 0.970 bits per heavy atom. The third kappa shape index (κ3) is 4.99. The van der Waals surface area contributed by atoms with Crippen LogP contribution in [0.3, 0.4) is 0 Å². The first-order valence-corrected chi connectivity index (χ1v) is 12.6. The molecule has 3 heterocycles. The Bertz CT molecular complexity index is 1180. The molecule has 9 heteroatoms. The van der Waals surface area contributed by atoms with Gasteiger partial charge in [0.2, 0.25) is 10.0 Å². The Balaban J connectivity index is 1.49. The molecular weight excluding hydrogens is 438 g/mol. The highest BCUT2D eigenvalue weighted by molar-refractivity contribution is 7.89. The number of pyridine rings is 1. The minimum absolute atomic E-state index is 0.222. The molecule has 8 nitrogen and oxygen atoms in total. The normalized spacial score (nSPS) is 15.1. The van der Waals surface area contributed by atoms with Crippen LogP contribution in [0, 0.1) is 0 Å². The van der Waals surface area contributed by atoms with Crippen molar-refractivity contribution < 1.29 is 13.2 Å². The van der Waals surface area contributed by atoms with Crippen molar-refractivity contribution in [3.05, 3.63) is 60.4 Å². The van der Waals surface area contributed by atoms with E-state index in [1.807, 2.05) is 51.1 Å². The maximum atomic E-state index is 13.5. The van der Waals surface area contributed by atoms with Crippen molar-refractivity contribution in [2.75, 3.05) is 37.7 Å². The van der Waals surface area contributed by atoms with Gasteiger partial charge >= 0.3 is 0 Å². The van der Waals surface area contributed by atoms with E-state index in [9.17, 15) is 8.42 Å². The molecule has 0 unspecified atom stereocenters. The number of benzene rings is 1. The molecular formula is C24H29N5O3S. The first-order chi connectivity index (χ1) is 15.9. The van der Waals surface area contributed by atoms with Gasteiger partial charge in [-0.05, 0) is 54.8 Å². The average molecular weight is 468 g/mol. The molecule has 0 atom stereocenters. The molecule has 174 valence electrons. The van der Waals surface area contributed by atoms with Crippen molar-refractivity contribution in [1.29, 1.82) is 0 Å². The fourth-order valence-electron chi connectivity index (χ4n) is 3.83. The standard InChI is InChI=1S/C24H29N5O3S/c1-4-32-22-7-5-20(18(2)3)17-23(22)33(30,31)29-15-13-28(14-16-29)24-8-6-21(26-27-24)19-9-11-25-12-10-19/h5-12,17-18H,4,13-16H2,1-3H3. The molecule has 33 heavy (non-hydrogen) atoms. The Labute approximate surface area is 195 Å². The number of nitrogens with zero attached hydrogens (tertiary/aromatic N) is 5. The summed E-state index contributed by atoms with van der Waals surface area (Å²) >= 11 is 0. The summed E-state index contributed by atoms with van der Waals surface area (Å²) in [4.78, 5) is 6.32. The highest BCUT2D eigenvalue weighted by Crippen LogP contribution is 2.31. The maximum absolute atomic E-state index is 13.5. The number of aromatic nitrogens is 3. The van der Waals surface area contributed by atoms with Crippen LogP contribution in [0.5, 0.6) is 5.75 Å². The summed E-state index contributed by atoms with van der Waals surface area (Å²) in [6.07, 6.45) is 3.44. The predicted molar refractivity (Wildman–Crippen MR) is 128 cm³/mol. The Hall–Kier alpha value is -3.04. The van der Waals surface area contributed by atoms with E-state index in [4.69, 9.17) is 4.74 Å². The van der Waals surface area contributed by atoms with Crippen molar-refractivity contribution >= 4 is 15.8 Å². The van der Waals surface area contributed by atoms with E-state index in [0.29, 0.717) is 38.5 Å². The van der Waals surface area contributed by atoms with Crippen molar-refractivity contribution in [3.8, 4) is 17.0 Å². The zero-order chi connectivity index (χ0) is 23.4. The molecule has 0 bridgehead atoms. The number of hydrogen-bond acceptors (Lipinski definition) is 7. The first kappa shape index (κ1) is 23.1. The van der Waals surface area contributed by atoms with Gasteiger partial charge in [-0.25, -0.2) is 8.42 Å². The number of anilines is 1. The first-order valence-electron chi connectivity index (χ1n) is 11.2. The lowest BCUT2D eigenvalue weighted by atomic mass is 10.0. The van der Waals surface area contributed by atoms with E-state index >= 15 is 0 Å². The molecule has 0 aliphatic carbocycles. The third-order valence-electron chi connectivity index (χ3n) is 5.74. The van der Waals surface area contributed by atoms with Crippen molar-refractivity contribution in [2.24, 2.45) is 0 Å². The third-order valence-corrected chi connectivity index (χ3v) is 7.66. The molecule has 0 N–H and O–H groups in total. The lowest BCUT2D eigenvalue weighted by molar-refractivity contribution is 0.327. The van der Waals surface area contributed by atoms with Gasteiger partial charge in [0.1, 0.15) is 10.6 Å². The van der Waals surface area contributed by atoms with Gasteiger partial charge in [-0.1, -0.05) is 19.9 Å². The highest BCUT2D eigenvalue weighted by atomic mass is 32.2. The van der Waals surface area contributed by atoms with Crippen LogP contribution in [-0.2, 0) is 10.0 Å². The van der Waals surface area contributed by atoms with Gasteiger partial charge in [0, 0.05) is 44.1 Å². The van der Waals surface area contributed by atoms with Gasteiger partial charge in [-0.15, -0.1) is 10.2 Å². The monoisotopic (exact) mass is 467 g/mol. The molecule has 0 spiro atoms. The molecule has 1 fully saturated rings. The van der Waals surface area contributed by atoms with E-state index < -0.39 is 10.0 Å². The Kier molecular flexibility index (Phi) is 6.90. The second kappa shape index (κ2) is 9.84. The molecule has 1 aliphatic heterocycles. The van der Waals surface area contributed by atoms with Crippen molar-refractivity contribution in [1.82, 2.24) is 19.5 Å². The minimum Gasteiger partial charge on any atom is -0.492 e. The van der Waals surface area contributed by atoms with E-state index in [1.54, 1.807) is 24.5 Å². The van der Waals surface area contributed by atoms with Crippen LogP contribution in [0.25, 0.3) is 11.3 Å². The summed E-state index contributed by atoms with van der Waals surface area (Å²) in [5, 5.41) is 8.69. The highest BCUT2D eigenvalue weighted by Gasteiger charge is 2.31. The summed E-state index contributed by atoms with van der Waals surface area (Å²) in [5.74, 6) is 1.36. The molecule has 1 saturated heterocycles. The maximum Gasteiger partial charge on any atom is 0.246 e. The van der Waals surface area contributed by atoms with Gasteiger partial charge in [0.25, 0.3) is 0 Å². The summed E-state index contributed by atoms with van der Waals surface area (Å²) < 4.78 is 34.2. The van der Waals surface area contributed by atoms with Crippen LogP contribution in [0.4, 0.5) is 5.82 Å². The Morgan fingerprint density at radius 3 is 2.30 bits per heavy atom. The predicted octanol–water partition coefficient (Wildman–Crippen LogP) is 3.57. The summed E-state index contributed by atoms with van der Waals surface area (Å²) in [5.41, 5.74) is 2.70. The number of sulfonamides is 1. The summed E-state index contributed by atoms with van der Waals surface area (Å²) in [7, 11) is -3.68. The topological polar surface area (TPSA) is 88.5 Å². The number of rotatable bonds is 7. The van der Waals surface area contributed by atoms with E-state index in [-0.39, 0.29) is 10.8 Å². The molecule has 0 amide bonds. The summed E-state index contributed by atoms with van der Waals surface area (Å²) in [6.45, 7) is 8.17. The van der Waals surface area contributed by atoms with Crippen molar-refractivity contribution in [3.63, 3.8) is 0 Å².